The van der Waals surface area contributed by atoms with E-state index in [2.05, 4.69) is 5.32 Å². The molecule has 3 rings (SSSR count). The fourth-order valence-electron chi connectivity index (χ4n) is 3.56. The van der Waals surface area contributed by atoms with Crippen LogP contribution in [0.3, 0.4) is 0 Å². The van der Waals surface area contributed by atoms with Gasteiger partial charge in [0.25, 0.3) is 0 Å². The molecule has 0 saturated carbocycles. The molecule has 0 aliphatic carbocycles. The van der Waals surface area contributed by atoms with Crippen LogP contribution in [0, 0.1) is 0 Å². The van der Waals surface area contributed by atoms with Crippen molar-refractivity contribution < 1.29 is 14.3 Å². The summed E-state index contributed by atoms with van der Waals surface area (Å²) < 4.78 is 10.8. The van der Waals surface area contributed by atoms with Gasteiger partial charge in [-0.25, -0.2) is 0 Å². The topological polar surface area (TPSA) is 50.8 Å². The number of amides is 1. The Labute approximate surface area is 160 Å². The monoisotopic (exact) mass is 386 g/mol. The summed E-state index contributed by atoms with van der Waals surface area (Å²) in [6.45, 7) is 1.83. The zero-order chi connectivity index (χ0) is 16.9. The van der Waals surface area contributed by atoms with E-state index in [1.165, 1.54) is 0 Å². The Morgan fingerprint density at radius 3 is 2.88 bits per heavy atom. The van der Waals surface area contributed by atoms with E-state index in [-0.39, 0.29) is 24.4 Å². The van der Waals surface area contributed by atoms with Crippen molar-refractivity contribution in [3.05, 3.63) is 23.8 Å². The predicted octanol–water partition coefficient (Wildman–Crippen LogP) is 2.88. The summed E-state index contributed by atoms with van der Waals surface area (Å²) in [5, 5.41) is 3.46. The van der Waals surface area contributed by atoms with E-state index in [0.717, 1.165) is 54.5 Å². The molecule has 0 bridgehead atoms. The van der Waals surface area contributed by atoms with Gasteiger partial charge < -0.3 is 19.7 Å². The largest absolute Gasteiger partial charge is 0.497 e. The Hall–Kier alpha value is -1.11. The minimum Gasteiger partial charge on any atom is -0.497 e. The average Bonchev–Trinajstić information content (AvgIpc) is 3.11. The standard InChI is InChI=1S/C18H26N2O3S.ClH/c1-22-14-5-6-15(17(11-14)23-2)16-4-3-8-20(16)18(21)10-13-12-24-9-7-19-13;/h5-6,11,13,16,19H,3-4,7-10,12H2,1-2H3;1H. The van der Waals surface area contributed by atoms with Crippen molar-refractivity contribution in [2.45, 2.75) is 31.3 Å². The van der Waals surface area contributed by atoms with Crippen molar-refractivity contribution in [3.8, 4) is 11.5 Å². The summed E-state index contributed by atoms with van der Waals surface area (Å²) in [5.41, 5.74) is 1.08. The summed E-state index contributed by atoms with van der Waals surface area (Å²) in [5.74, 6) is 3.98. The molecular weight excluding hydrogens is 360 g/mol. The van der Waals surface area contributed by atoms with E-state index < -0.39 is 0 Å². The van der Waals surface area contributed by atoms with E-state index in [0.29, 0.717) is 12.5 Å². The molecule has 1 aromatic carbocycles. The molecule has 2 aliphatic heterocycles. The van der Waals surface area contributed by atoms with Crippen molar-refractivity contribution in [1.29, 1.82) is 0 Å². The highest BCUT2D eigenvalue weighted by Crippen LogP contribution is 2.39. The first kappa shape index (κ1) is 20.2. The third-order valence-electron chi connectivity index (χ3n) is 4.79. The number of likely N-dealkylation sites (tertiary alicyclic amines) is 1. The van der Waals surface area contributed by atoms with Gasteiger partial charge in [0.2, 0.25) is 5.91 Å². The zero-order valence-electron chi connectivity index (χ0n) is 14.8. The Morgan fingerprint density at radius 2 is 2.20 bits per heavy atom. The maximum Gasteiger partial charge on any atom is 0.224 e. The van der Waals surface area contributed by atoms with E-state index in [4.69, 9.17) is 9.47 Å². The van der Waals surface area contributed by atoms with E-state index in [9.17, 15) is 4.79 Å². The first-order valence-electron chi connectivity index (χ1n) is 8.55. The van der Waals surface area contributed by atoms with Crippen LogP contribution in [0.5, 0.6) is 11.5 Å². The van der Waals surface area contributed by atoms with Gasteiger partial charge in [0.15, 0.2) is 0 Å². The number of thioether (sulfide) groups is 1. The van der Waals surface area contributed by atoms with Crippen molar-refractivity contribution in [3.63, 3.8) is 0 Å². The zero-order valence-corrected chi connectivity index (χ0v) is 16.5. The maximum absolute atomic E-state index is 12.8. The maximum atomic E-state index is 12.8. The second-order valence-corrected chi connectivity index (χ2v) is 7.43. The molecule has 2 heterocycles. The lowest BCUT2D eigenvalue weighted by molar-refractivity contribution is -0.132. The molecule has 25 heavy (non-hydrogen) atoms. The van der Waals surface area contributed by atoms with Gasteiger partial charge in [0, 0.05) is 48.7 Å². The third-order valence-corrected chi connectivity index (χ3v) is 5.92. The number of nitrogens with one attached hydrogen (secondary N) is 1. The number of hydrogen-bond acceptors (Lipinski definition) is 5. The number of carbonyl (C=O) groups excluding carboxylic acids is 1. The van der Waals surface area contributed by atoms with Gasteiger partial charge in [-0.2, -0.15) is 11.8 Å². The molecule has 1 aromatic rings. The highest BCUT2D eigenvalue weighted by molar-refractivity contribution is 7.99. The second kappa shape index (κ2) is 9.55. The van der Waals surface area contributed by atoms with Crippen LogP contribution in [0.15, 0.2) is 18.2 Å². The highest BCUT2D eigenvalue weighted by atomic mass is 35.5. The normalized spacial score (nSPS) is 23.0. The average molecular weight is 387 g/mol. The van der Waals surface area contributed by atoms with E-state index in [1.54, 1.807) is 14.2 Å². The number of benzene rings is 1. The summed E-state index contributed by atoms with van der Waals surface area (Å²) in [4.78, 5) is 14.9. The summed E-state index contributed by atoms with van der Waals surface area (Å²) in [7, 11) is 3.32. The lowest BCUT2D eigenvalue weighted by Crippen LogP contribution is -2.42. The van der Waals surface area contributed by atoms with Crippen molar-refractivity contribution in [1.82, 2.24) is 10.2 Å². The fourth-order valence-corrected chi connectivity index (χ4v) is 4.51. The minimum atomic E-state index is 0. The molecular formula is C18H27ClN2O3S. The van der Waals surface area contributed by atoms with Crippen LogP contribution in [-0.2, 0) is 4.79 Å². The SMILES string of the molecule is COc1ccc(C2CCCN2C(=O)CC2CSCCN2)c(OC)c1.Cl. The first-order valence-corrected chi connectivity index (χ1v) is 9.71. The van der Waals surface area contributed by atoms with Crippen LogP contribution in [-0.4, -0.2) is 55.7 Å². The molecule has 7 heteroatoms. The van der Waals surface area contributed by atoms with Gasteiger partial charge in [0.1, 0.15) is 11.5 Å². The van der Waals surface area contributed by atoms with Gasteiger partial charge in [0.05, 0.1) is 20.3 Å². The Balaban J connectivity index is 0.00000225. The van der Waals surface area contributed by atoms with E-state index >= 15 is 0 Å². The molecule has 2 fully saturated rings. The van der Waals surface area contributed by atoms with Crippen molar-refractivity contribution in [2.75, 3.05) is 38.8 Å². The number of halogens is 1. The minimum absolute atomic E-state index is 0. The molecule has 140 valence electrons. The quantitative estimate of drug-likeness (QED) is 0.843. The molecule has 1 amide bonds. The lowest BCUT2D eigenvalue weighted by Gasteiger charge is -2.29. The number of methoxy groups -OCH3 is 2. The smallest absolute Gasteiger partial charge is 0.224 e. The number of rotatable bonds is 5. The first-order chi connectivity index (χ1) is 11.7. The summed E-state index contributed by atoms with van der Waals surface area (Å²) in [6, 6.07) is 6.28. The van der Waals surface area contributed by atoms with Crippen LogP contribution in [0.4, 0.5) is 0 Å². The number of nitrogens with zero attached hydrogens (tertiary/aromatic N) is 1. The molecule has 2 atom stereocenters. The highest BCUT2D eigenvalue weighted by Gasteiger charge is 2.33. The Bertz CT molecular complexity index is 581. The molecule has 5 nitrogen and oxygen atoms in total. The Kier molecular flexibility index (Phi) is 7.72. The van der Waals surface area contributed by atoms with Gasteiger partial charge in [-0.3, -0.25) is 4.79 Å². The molecule has 0 radical (unpaired) electrons. The van der Waals surface area contributed by atoms with Gasteiger partial charge in [-0.05, 0) is 25.0 Å². The van der Waals surface area contributed by atoms with Crippen LogP contribution < -0.4 is 14.8 Å². The molecule has 2 unspecified atom stereocenters. The third kappa shape index (κ3) is 4.74. The molecule has 2 aliphatic rings. The van der Waals surface area contributed by atoms with Crippen molar-refractivity contribution >= 4 is 30.1 Å². The van der Waals surface area contributed by atoms with Gasteiger partial charge >= 0.3 is 0 Å². The van der Waals surface area contributed by atoms with Crippen LogP contribution in [0.25, 0.3) is 0 Å². The van der Waals surface area contributed by atoms with Crippen molar-refractivity contribution in [2.24, 2.45) is 0 Å². The molecule has 0 spiro atoms. The second-order valence-electron chi connectivity index (χ2n) is 6.28. The molecule has 0 aromatic heterocycles. The van der Waals surface area contributed by atoms with Gasteiger partial charge in [-0.15, -0.1) is 12.4 Å². The summed E-state index contributed by atoms with van der Waals surface area (Å²) in [6.07, 6.45) is 2.61. The summed E-state index contributed by atoms with van der Waals surface area (Å²) >= 11 is 1.93. The molecule has 1 N–H and O–H groups in total. The van der Waals surface area contributed by atoms with E-state index in [1.807, 2.05) is 34.9 Å². The van der Waals surface area contributed by atoms with Gasteiger partial charge in [-0.1, -0.05) is 0 Å². The lowest BCUT2D eigenvalue weighted by atomic mass is 10.0. The number of hydrogen-bond donors (Lipinski definition) is 1. The van der Waals surface area contributed by atoms with Crippen LogP contribution >= 0.6 is 24.2 Å². The van der Waals surface area contributed by atoms with Crippen LogP contribution in [0.1, 0.15) is 30.9 Å². The Morgan fingerprint density at radius 1 is 1.36 bits per heavy atom. The number of carbonyl (C=O) groups is 1. The van der Waals surface area contributed by atoms with Crippen LogP contribution in [0.2, 0.25) is 0 Å². The number of ether oxygens (including phenoxy) is 2. The fraction of sp³-hybridized carbons (Fsp3) is 0.611. The predicted molar refractivity (Wildman–Crippen MR) is 104 cm³/mol. The molecule has 2 saturated heterocycles.